The highest BCUT2D eigenvalue weighted by Crippen LogP contribution is 2.23. The minimum atomic E-state index is 0.476. The number of nitrogens with two attached hydrogens (primary N) is 1. The van der Waals surface area contributed by atoms with Crippen LogP contribution in [0.5, 0.6) is 0 Å². The van der Waals surface area contributed by atoms with Gasteiger partial charge in [0, 0.05) is 31.6 Å². The predicted octanol–water partition coefficient (Wildman–Crippen LogP) is 1.90. The standard InChI is InChI=1S/C17H27N3/c18-12-16(15-6-2-1-3-7-15)13-19-9-5-11-20-10-4-8-17(20)14-19/h1-3,6-7,16-17H,4-5,8-14,18H2. The zero-order valence-corrected chi connectivity index (χ0v) is 12.4. The van der Waals surface area contributed by atoms with Gasteiger partial charge in [-0.2, -0.15) is 0 Å². The molecule has 2 fully saturated rings. The Morgan fingerprint density at radius 2 is 1.90 bits per heavy atom. The van der Waals surface area contributed by atoms with E-state index in [2.05, 4.69) is 40.1 Å². The van der Waals surface area contributed by atoms with Crippen LogP contribution in [0.25, 0.3) is 0 Å². The molecule has 2 aliphatic heterocycles. The lowest BCUT2D eigenvalue weighted by Crippen LogP contribution is -2.39. The van der Waals surface area contributed by atoms with Gasteiger partial charge in [-0.3, -0.25) is 4.90 Å². The van der Waals surface area contributed by atoms with E-state index in [0.29, 0.717) is 5.92 Å². The van der Waals surface area contributed by atoms with Crippen molar-refractivity contribution in [3.8, 4) is 0 Å². The second kappa shape index (κ2) is 6.70. The molecule has 0 amide bonds. The lowest BCUT2D eigenvalue weighted by Gasteiger charge is -2.28. The average Bonchev–Trinajstić information content (AvgIpc) is 2.84. The molecule has 2 heterocycles. The minimum absolute atomic E-state index is 0.476. The SMILES string of the molecule is NCC(CN1CCCN2CCCC2C1)c1ccccc1. The van der Waals surface area contributed by atoms with Crippen molar-refractivity contribution in [2.45, 2.75) is 31.2 Å². The number of hydrogen-bond acceptors (Lipinski definition) is 3. The Kier molecular flexibility index (Phi) is 4.71. The van der Waals surface area contributed by atoms with E-state index in [0.717, 1.165) is 19.1 Å². The second-order valence-corrected chi connectivity index (χ2v) is 6.29. The van der Waals surface area contributed by atoms with Crippen molar-refractivity contribution in [1.82, 2.24) is 9.80 Å². The Morgan fingerprint density at radius 1 is 1.10 bits per heavy atom. The molecule has 3 nitrogen and oxygen atoms in total. The van der Waals surface area contributed by atoms with Crippen molar-refractivity contribution in [3.63, 3.8) is 0 Å². The van der Waals surface area contributed by atoms with Crippen LogP contribution in [0.1, 0.15) is 30.7 Å². The van der Waals surface area contributed by atoms with Gasteiger partial charge in [0.1, 0.15) is 0 Å². The molecular weight excluding hydrogens is 246 g/mol. The van der Waals surface area contributed by atoms with Gasteiger partial charge in [0.05, 0.1) is 0 Å². The molecule has 1 aromatic rings. The average molecular weight is 273 g/mol. The monoisotopic (exact) mass is 273 g/mol. The molecule has 0 aromatic heterocycles. The highest BCUT2D eigenvalue weighted by atomic mass is 15.3. The zero-order chi connectivity index (χ0) is 13.8. The van der Waals surface area contributed by atoms with E-state index >= 15 is 0 Å². The molecule has 3 heteroatoms. The summed E-state index contributed by atoms with van der Waals surface area (Å²) in [5.74, 6) is 0.476. The Hall–Kier alpha value is -0.900. The molecule has 2 aliphatic rings. The Bertz CT molecular complexity index is 406. The maximum atomic E-state index is 6.03. The third-order valence-corrected chi connectivity index (χ3v) is 4.92. The number of rotatable bonds is 4. The third kappa shape index (κ3) is 3.22. The molecule has 1 aromatic carbocycles. The third-order valence-electron chi connectivity index (χ3n) is 4.92. The lowest BCUT2D eigenvalue weighted by molar-refractivity contribution is 0.213. The first kappa shape index (κ1) is 14.1. The van der Waals surface area contributed by atoms with Crippen LogP contribution in [-0.2, 0) is 0 Å². The van der Waals surface area contributed by atoms with E-state index < -0.39 is 0 Å². The fourth-order valence-corrected chi connectivity index (χ4v) is 3.80. The van der Waals surface area contributed by atoms with E-state index in [4.69, 9.17) is 5.73 Å². The van der Waals surface area contributed by atoms with Gasteiger partial charge in [0.2, 0.25) is 0 Å². The molecule has 110 valence electrons. The van der Waals surface area contributed by atoms with Crippen LogP contribution in [0.2, 0.25) is 0 Å². The molecule has 0 saturated carbocycles. The van der Waals surface area contributed by atoms with Crippen LogP contribution in [0, 0.1) is 0 Å². The minimum Gasteiger partial charge on any atom is -0.330 e. The van der Waals surface area contributed by atoms with Gasteiger partial charge in [-0.15, -0.1) is 0 Å². The van der Waals surface area contributed by atoms with E-state index in [-0.39, 0.29) is 0 Å². The quantitative estimate of drug-likeness (QED) is 0.909. The topological polar surface area (TPSA) is 32.5 Å². The number of hydrogen-bond donors (Lipinski definition) is 1. The number of benzene rings is 1. The van der Waals surface area contributed by atoms with Crippen LogP contribution >= 0.6 is 0 Å². The van der Waals surface area contributed by atoms with Gasteiger partial charge in [-0.1, -0.05) is 30.3 Å². The first-order valence-corrected chi connectivity index (χ1v) is 8.08. The van der Waals surface area contributed by atoms with Crippen molar-refractivity contribution >= 4 is 0 Å². The van der Waals surface area contributed by atoms with E-state index in [1.807, 2.05) is 0 Å². The molecule has 0 aliphatic carbocycles. The Morgan fingerprint density at radius 3 is 2.70 bits per heavy atom. The predicted molar refractivity (Wildman–Crippen MR) is 83.9 cm³/mol. The molecule has 2 unspecified atom stereocenters. The Balaban J connectivity index is 1.63. The molecule has 0 bridgehead atoms. The first-order valence-electron chi connectivity index (χ1n) is 8.08. The van der Waals surface area contributed by atoms with Crippen molar-refractivity contribution in [1.29, 1.82) is 0 Å². The summed E-state index contributed by atoms with van der Waals surface area (Å²) in [5.41, 5.74) is 7.42. The lowest BCUT2D eigenvalue weighted by atomic mass is 9.98. The van der Waals surface area contributed by atoms with Crippen molar-refractivity contribution < 1.29 is 0 Å². The summed E-state index contributed by atoms with van der Waals surface area (Å²) in [6.07, 6.45) is 4.08. The van der Waals surface area contributed by atoms with Gasteiger partial charge >= 0.3 is 0 Å². The summed E-state index contributed by atoms with van der Waals surface area (Å²) in [4.78, 5) is 5.35. The fourth-order valence-electron chi connectivity index (χ4n) is 3.80. The molecule has 20 heavy (non-hydrogen) atoms. The molecule has 2 saturated heterocycles. The van der Waals surface area contributed by atoms with Crippen LogP contribution in [-0.4, -0.2) is 55.1 Å². The smallest absolute Gasteiger partial charge is 0.0223 e. The van der Waals surface area contributed by atoms with Crippen molar-refractivity contribution in [3.05, 3.63) is 35.9 Å². The largest absolute Gasteiger partial charge is 0.330 e. The summed E-state index contributed by atoms with van der Waals surface area (Å²) in [6, 6.07) is 11.6. The zero-order valence-electron chi connectivity index (χ0n) is 12.4. The molecule has 3 rings (SSSR count). The van der Waals surface area contributed by atoms with Gasteiger partial charge < -0.3 is 10.6 Å². The summed E-state index contributed by atoms with van der Waals surface area (Å²) in [7, 11) is 0. The highest BCUT2D eigenvalue weighted by Gasteiger charge is 2.29. The summed E-state index contributed by atoms with van der Waals surface area (Å²) >= 11 is 0. The van der Waals surface area contributed by atoms with Gasteiger partial charge in [0.25, 0.3) is 0 Å². The fraction of sp³-hybridized carbons (Fsp3) is 0.647. The van der Waals surface area contributed by atoms with E-state index in [1.165, 1.54) is 51.0 Å². The van der Waals surface area contributed by atoms with E-state index in [1.54, 1.807) is 0 Å². The number of nitrogens with zero attached hydrogens (tertiary/aromatic N) is 2. The maximum Gasteiger partial charge on any atom is 0.0223 e. The summed E-state index contributed by atoms with van der Waals surface area (Å²) < 4.78 is 0. The van der Waals surface area contributed by atoms with Crippen LogP contribution in [0.4, 0.5) is 0 Å². The van der Waals surface area contributed by atoms with Crippen LogP contribution in [0.15, 0.2) is 30.3 Å². The van der Waals surface area contributed by atoms with Crippen LogP contribution in [0.3, 0.4) is 0 Å². The van der Waals surface area contributed by atoms with Gasteiger partial charge in [-0.25, -0.2) is 0 Å². The normalized spacial score (nSPS) is 26.1. The summed E-state index contributed by atoms with van der Waals surface area (Å²) in [6.45, 7) is 6.94. The first-order chi connectivity index (χ1) is 9.86. The molecule has 0 radical (unpaired) electrons. The Labute approximate surface area is 122 Å². The molecule has 2 N–H and O–H groups in total. The maximum absolute atomic E-state index is 6.03. The van der Waals surface area contributed by atoms with Gasteiger partial charge in [0.15, 0.2) is 0 Å². The van der Waals surface area contributed by atoms with Crippen molar-refractivity contribution in [2.75, 3.05) is 39.3 Å². The molecular formula is C17H27N3. The summed E-state index contributed by atoms with van der Waals surface area (Å²) in [5, 5.41) is 0. The van der Waals surface area contributed by atoms with E-state index in [9.17, 15) is 0 Å². The van der Waals surface area contributed by atoms with Crippen LogP contribution < -0.4 is 5.73 Å². The van der Waals surface area contributed by atoms with Gasteiger partial charge in [-0.05, 0) is 44.5 Å². The molecule has 0 spiro atoms. The molecule has 2 atom stereocenters. The second-order valence-electron chi connectivity index (χ2n) is 6.29. The number of fused-ring (bicyclic) bond motifs is 1. The van der Waals surface area contributed by atoms with Crippen molar-refractivity contribution in [2.24, 2.45) is 5.73 Å². The highest BCUT2D eigenvalue weighted by molar-refractivity contribution is 5.20.